The van der Waals surface area contributed by atoms with Crippen LogP contribution in [0.2, 0.25) is 0 Å². The van der Waals surface area contributed by atoms with Gasteiger partial charge in [0.25, 0.3) is 5.91 Å². The standard InChI is InChI=1S/C13H14FN3O2/c1-9(7-17-5-4-15-8-17)16-13(19)11-6-10(14)2-3-12(11)18/h2-6,8-9,18H,7H2,1H3,(H,16,19). The van der Waals surface area contributed by atoms with E-state index in [-0.39, 0.29) is 17.4 Å². The number of aromatic nitrogens is 2. The van der Waals surface area contributed by atoms with Crippen LogP contribution in [0.1, 0.15) is 17.3 Å². The van der Waals surface area contributed by atoms with Gasteiger partial charge in [-0.05, 0) is 25.1 Å². The summed E-state index contributed by atoms with van der Waals surface area (Å²) in [6.45, 7) is 2.36. The second-order valence-electron chi connectivity index (χ2n) is 4.30. The molecule has 1 atom stereocenters. The van der Waals surface area contributed by atoms with Crippen molar-refractivity contribution in [2.24, 2.45) is 0 Å². The normalized spacial score (nSPS) is 12.1. The third-order valence-electron chi connectivity index (χ3n) is 2.62. The average Bonchev–Trinajstić information content (AvgIpc) is 2.84. The van der Waals surface area contributed by atoms with E-state index in [1.807, 2.05) is 11.5 Å². The van der Waals surface area contributed by atoms with Crippen LogP contribution in [0, 0.1) is 5.82 Å². The maximum atomic E-state index is 13.0. The van der Waals surface area contributed by atoms with Gasteiger partial charge in [-0.2, -0.15) is 0 Å². The van der Waals surface area contributed by atoms with Crippen molar-refractivity contribution in [1.82, 2.24) is 14.9 Å². The number of rotatable bonds is 4. The quantitative estimate of drug-likeness (QED) is 0.879. The minimum absolute atomic E-state index is 0.0718. The molecular formula is C13H14FN3O2. The topological polar surface area (TPSA) is 67.2 Å². The molecule has 100 valence electrons. The molecule has 2 rings (SSSR count). The molecule has 1 aromatic carbocycles. The van der Waals surface area contributed by atoms with Gasteiger partial charge < -0.3 is 15.0 Å². The number of hydrogen-bond acceptors (Lipinski definition) is 3. The molecule has 0 bridgehead atoms. The molecule has 6 heteroatoms. The Kier molecular flexibility index (Phi) is 3.79. The molecule has 0 spiro atoms. The molecule has 1 unspecified atom stereocenters. The zero-order valence-electron chi connectivity index (χ0n) is 10.4. The van der Waals surface area contributed by atoms with Crippen molar-refractivity contribution in [1.29, 1.82) is 0 Å². The van der Waals surface area contributed by atoms with Gasteiger partial charge >= 0.3 is 0 Å². The summed E-state index contributed by atoms with van der Waals surface area (Å²) >= 11 is 0. The minimum Gasteiger partial charge on any atom is -0.507 e. The van der Waals surface area contributed by atoms with Gasteiger partial charge in [0, 0.05) is 25.0 Å². The van der Waals surface area contributed by atoms with Crippen molar-refractivity contribution < 1.29 is 14.3 Å². The number of amides is 1. The number of nitrogens with one attached hydrogen (secondary N) is 1. The smallest absolute Gasteiger partial charge is 0.255 e. The maximum absolute atomic E-state index is 13.0. The predicted octanol–water partition coefficient (Wildman–Crippen LogP) is 1.55. The molecule has 0 aliphatic rings. The second-order valence-corrected chi connectivity index (χ2v) is 4.30. The Hall–Kier alpha value is -2.37. The van der Waals surface area contributed by atoms with Gasteiger partial charge in [-0.15, -0.1) is 0 Å². The highest BCUT2D eigenvalue weighted by Crippen LogP contribution is 2.17. The van der Waals surface area contributed by atoms with E-state index in [4.69, 9.17) is 0 Å². The molecule has 0 saturated heterocycles. The van der Waals surface area contributed by atoms with E-state index in [1.165, 1.54) is 0 Å². The number of carbonyl (C=O) groups excluding carboxylic acids is 1. The van der Waals surface area contributed by atoms with Gasteiger partial charge in [0.15, 0.2) is 0 Å². The van der Waals surface area contributed by atoms with Gasteiger partial charge in [-0.3, -0.25) is 4.79 Å². The lowest BCUT2D eigenvalue weighted by molar-refractivity contribution is 0.0933. The van der Waals surface area contributed by atoms with Crippen LogP contribution in [0.3, 0.4) is 0 Å². The molecule has 0 fully saturated rings. The zero-order chi connectivity index (χ0) is 13.8. The summed E-state index contributed by atoms with van der Waals surface area (Å²) in [7, 11) is 0. The van der Waals surface area contributed by atoms with E-state index in [2.05, 4.69) is 10.3 Å². The van der Waals surface area contributed by atoms with E-state index in [0.29, 0.717) is 6.54 Å². The molecule has 2 N–H and O–H groups in total. The van der Waals surface area contributed by atoms with Crippen LogP contribution in [-0.4, -0.2) is 26.6 Å². The number of aromatic hydroxyl groups is 1. The van der Waals surface area contributed by atoms with E-state index in [1.54, 1.807) is 18.7 Å². The number of benzene rings is 1. The number of imidazole rings is 1. The summed E-state index contributed by atoms with van der Waals surface area (Å²) in [4.78, 5) is 15.8. The molecule has 1 heterocycles. The second kappa shape index (κ2) is 5.51. The van der Waals surface area contributed by atoms with Crippen LogP contribution in [0.5, 0.6) is 5.75 Å². The summed E-state index contributed by atoms with van der Waals surface area (Å²) in [5.74, 6) is -1.32. The molecule has 0 aliphatic heterocycles. The molecule has 2 aromatic rings. The first-order valence-corrected chi connectivity index (χ1v) is 5.81. The summed E-state index contributed by atoms with van der Waals surface area (Å²) in [5.41, 5.74) is -0.0718. The van der Waals surface area contributed by atoms with Crippen LogP contribution in [0.4, 0.5) is 4.39 Å². The van der Waals surface area contributed by atoms with E-state index in [9.17, 15) is 14.3 Å². The van der Waals surface area contributed by atoms with Crippen molar-refractivity contribution in [2.75, 3.05) is 0 Å². The lowest BCUT2D eigenvalue weighted by Crippen LogP contribution is -2.35. The van der Waals surface area contributed by atoms with Crippen LogP contribution in [-0.2, 0) is 6.54 Å². The SMILES string of the molecule is CC(Cn1ccnc1)NC(=O)c1cc(F)ccc1O. The van der Waals surface area contributed by atoms with E-state index >= 15 is 0 Å². The first-order valence-electron chi connectivity index (χ1n) is 5.81. The minimum atomic E-state index is -0.565. The highest BCUT2D eigenvalue weighted by atomic mass is 19.1. The molecule has 1 aromatic heterocycles. The average molecular weight is 263 g/mol. The lowest BCUT2D eigenvalue weighted by Gasteiger charge is -2.15. The van der Waals surface area contributed by atoms with Crippen LogP contribution in [0.15, 0.2) is 36.9 Å². The van der Waals surface area contributed by atoms with Crippen molar-refractivity contribution in [2.45, 2.75) is 19.5 Å². The first-order chi connectivity index (χ1) is 9.06. The Morgan fingerprint density at radius 3 is 3.05 bits per heavy atom. The highest BCUT2D eigenvalue weighted by molar-refractivity contribution is 5.96. The van der Waals surface area contributed by atoms with Gasteiger partial charge in [-0.1, -0.05) is 0 Å². The van der Waals surface area contributed by atoms with Gasteiger partial charge in [0.1, 0.15) is 11.6 Å². The Morgan fingerprint density at radius 1 is 1.58 bits per heavy atom. The van der Waals surface area contributed by atoms with Gasteiger partial charge in [0.2, 0.25) is 0 Å². The Balaban J connectivity index is 2.02. The fraction of sp³-hybridized carbons (Fsp3) is 0.231. The largest absolute Gasteiger partial charge is 0.507 e. The van der Waals surface area contributed by atoms with Crippen LogP contribution >= 0.6 is 0 Å². The number of carbonyl (C=O) groups is 1. The Labute approximate surface area is 109 Å². The molecule has 0 saturated carbocycles. The highest BCUT2D eigenvalue weighted by Gasteiger charge is 2.14. The first kappa shape index (κ1) is 13.1. The number of phenols is 1. The van der Waals surface area contributed by atoms with Gasteiger partial charge in [-0.25, -0.2) is 9.37 Å². The summed E-state index contributed by atoms with van der Waals surface area (Å²) in [6.07, 6.45) is 5.07. The summed E-state index contributed by atoms with van der Waals surface area (Å²) in [5, 5.41) is 12.2. The predicted molar refractivity (Wildman–Crippen MR) is 67.2 cm³/mol. The lowest BCUT2D eigenvalue weighted by atomic mass is 10.1. The number of phenolic OH excluding ortho intramolecular Hbond substituents is 1. The molecule has 5 nitrogen and oxygen atoms in total. The molecule has 19 heavy (non-hydrogen) atoms. The van der Waals surface area contributed by atoms with Crippen molar-refractivity contribution in [3.63, 3.8) is 0 Å². The van der Waals surface area contributed by atoms with Crippen molar-refractivity contribution in [3.8, 4) is 5.75 Å². The Bertz CT molecular complexity index is 569. The van der Waals surface area contributed by atoms with E-state index in [0.717, 1.165) is 18.2 Å². The molecule has 1 amide bonds. The molecule has 0 aliphatic carbocycles. The van der Waals surface area contributed by atoms with Crippen LogP contribution < -0.4 is 5.32 Å². The van der Waals surface area contributed by atoms with Gasteiger partial charge in [0.05, 0.1) is 11.9 Å². The number of nitrogens with zero attached hydrogens (tertiary/aromatic N) is 2. The maximum Gasteiger partial charge on any atom is 0.255 e. The summed E-state index contributed by atoms with van der Waals surface area (Å²) < 4.78 is 14.9. The monoisotopic (exact) mass is 263 g/mol. The zero-order valence-corrected chi connectivity index (χ0v) is 10.4. The molecular weight excluding hydrogens is 249 g/mol. The van der Waals surface area contributed by atoms with Crippen LogP contribution in [0.25, 0.3) is 0 Å². The van der Waals surface area contributed by atoms with Crippen molar-refractivity contribution >= 4 is 5.91 Å². The number of hydrogen-bond donors (Lipinski definition) is 2. The number of halogens is 1. The fourth-order valence-electron chi connectivity index (χ4n) is 1.75. The summed E-state index contributed by atoms with van der Waals surface area (Å²) in [6, 6.07) is 3.09. The third kappa shape index (κ3) is 3.31. The van der Waals surface area contributed by atoms with Crippen molar-refractivity contribution in [3.05, 3.63) is 48.3 Å². The fourth-order valence-corrected chi connectivity index (χ4v) is 1.75. The van der Waals surface area contributed by atoms with E-state index < -0.39 is 11.7 Å². The third-order valence-corrected chi connectivity index (χ3v) is 2.62. The molecule has 0 radical (unpaired) electrons. The Morgan fingerprint density at radius 2 is 2.37 bits per heavy atom.